The van der Waals surface area contributed by atoms with Crippen LogP contribution >= 0.6 is 11.3 Å². The van der Waals surface area contributed by atoms with Crippen LogP contribution in [0.1, 0.15) is 29.6 Å². The molecule has 0 unspecified atom stereocenters. The zero-order valence-electron chi connectivity index (χ0n) is 17.5. The SMILES string of the molecule is COCCc1nc2sc(C)c(-c3ccc(OC)c(C)c3)c2c(=O)n1CCC(C)=O. The number of methoxy groups -OCH3 is 2. The van der Waals surface area contributed by atoms with E-state index < -0.39 is 0 Å². The first kappa shape index (κ1) is 21.2. The van der Waals surface area contributed by atoms with Gasteiger partial charge in [-0.15, -0.1) is 11.3 Å². The molecule has 7 heteroatoms. The number of ether oxygens (including phenoxy) is 2. The van der Waals surface area contributed by atoms with Crippen LogP contribution in [0.15, 0.2) is 23.0 Å². The summed E-state index contributed by atoms with van der Waals surface area (Å²) in [5.41, 5.74) is 2.78. The topological polar surface area (TPSA) is 70.4 Å². The number of fused-ring (bicyclic) bond motifs is 1. The smallest absolute Gasteiger partial charge is 0.262 e. The molecular weight excluding hydrogens is 388 g/mol. The summed E-state index contributed by atoms with van der Waals surface area (Å²) in [6, 6.07) is 5.92. The first-order valence-corrected chi connectivity index (χ1v) is 10.3. The number of aryl methyl sites for hydroxylation is 2. The molecule has 0 saturated carbocycles. The maximum Gasteiger partial charge on any atom is 0.262 e. The van der Waals surface area contributed by atoms with Gasteiger partial charge in [0.2, 0.25) is 0 Å². The molecule has 2 aromatic heterocycles. The molecule has 0 aliphatic rings. The quantitative estimate of drug-likeness (QED) is 0.559. The summed E-state index contributed by atoms with van der Waals surface area (Å²) >= 11 is 1.52. The Morgan fingerprint density at radius 3 is 2.62 bits per heavy atom. The number of carbonyl (C=O) groups excluding carboxylic acids is 1. The van der Waals surface area contributed by atoms with Crippen molar-refractivity contribution in [1.82, 2.24) is 9.55 Å². The van der Waals surface area contributed by atoms with E-state index in [2.05, 4.69) is 0 Å². The molecule has 29 heavy (non-hydrogen) atoms. The molecule has 0 fully saturated rings. The second-order valence-electron chi connectivity index (χ2n) is 7.08. The Morgan fingerprint density at radius 1 is 1.24 bits per heavy atom. The minimum Gasteiger partial charge on any atom is -0.496 e. The number of benzene rings is 1. The standard InChI is InChI=1S/C22H26N2O4S/c1-13-12-16(6-7-17(13)28-5)19-15(3)29-21-20(19)22(26)24(10-8-14(2)25)18(23-21)9-11-27-4/h6-7,12H,8-11H2,1-5H3. The molecule has 3 rings (SSSR count). The Hall–Kier alpha value is -2.51. The maximum absolute atomic E-state index is 13.5. The molecule has 6 nitrogen and oxygen atoms in total. The fourth-order valence-corrected chi connectivity index (χ4v) is 4.56. The molecule has 0 radical (unpaired) electrons. The lowest BCUT2D eigenvalue weighted by Gasteiger charge is -2.12. The Kier molecular flexibility index (Phi) is 6.49. The van der Waals surface area contributed by atoms with Crippen molar-refractivity contribution in [2.24, 2.45) is 0 Å². The Bertz CT molecular complexity index is 1110. The predicted octanol–water partition coefficient (Wildman–Crippen LogP) is 3.92. The van der Waals surface area contributed by atoms with Crippen LogP contribution in [0.5, 0.6) is 5.75 Å². The normalized spacial score (nSPS) is 11.2. The van der Waals surface area contributed by atoms with Crippen molar-refractivity contribution in [3.05, 3.63) is 44.8 Å². The first-order valence-electron chi connectivity index (χ1n) is 9.53. The van der Waals surface area contributed by atoms with Crippen LogP contribution < -0.4 is 10.3 Å². The molecule has 0 spiro atoms. The second kappa shape index (κ2) is 8.88. The van der Waals surface area contributed by atoms with E-state index in [0.717, 1.165) is 32.1 Å². The minimum absolute atomic E-state index is 0.0437. The van der Waals surface area contributed by atoms with Gasteiger partial charge in [0.25, 0.3) is 5.56 Å². The summed E-state index contributed by atoms with van der Waals surface area (Å²) in [7, 11) is 3.27. The molecule has 0 N–H and O–H groups in total. The number of ketones is 1. The largest absolute Gasteiger partial charge is 0.496 e. The van der Waals surface area contributed by atoms with Gasteiger partial charge in [-0.25, -0.2) is 4.98 Å². The van der Waals surface area contributed by atoms with Crippen molar-refractivity contribution in [2.45, 2.75) is 40.2 Å². The lowest BCUT2D eigenvalue weighted by atomic mass is 10.0. The number of aromatic nitrogens is 2. The second-order valence-corrected chi connectivity index (χ2v) is 8.28. The summed E-state index contributed by atoms with van der Waals surface area (Å²) in [5, 5.41) is 0.613. The van der Waals surface area contributed by atoms with Gasteiger partial charge in [0.1, 0.15) is 22.2 Å². The van der Waals surface area contributed by atoms with E-state index in [9.17, 15) is 9.59 Å². The number of nitrogens with zero attached hydrogens (tertiary/aromatic N) is 2. The monoisotopic (exact) mass is 414 g/mol. The van der Waals surface area contributed by atoms with E-state index in [1.54, 1.807) is 18.8 Å². The summed E-state index contributed by atoms with van der Waals surface area (Å²) in [6.07, 6.45) is 0.820. The zero-order chi connectivity index (χ0) is 21.1. The van der Waals surface area contributed by atoms with E-state index >= 15 is 0 Å². The van der Waals surface area contributed by atoms with Crippen molar-refractivity contribution in [3.8, 4) is 16.9 Å². The third-order valence-corrected chi connectivity index (χ3v) is 5.97. The fraction of sp³-hybridized carbons (Fsp3) is 0.409. The number of Topliss-reactive ketones (excluding diaryl/α,β-unsaturated/α-hetero) is 1. The van der Waals surface area contributed by atoms with Crippen molar-refractivity contribution in [2.75, 3.05) is 20.8 Å². The molecule has 154 valence electrons. The van der Waals surface area contributed by atoms with E-state index in [1.165, 1.54) is 18.3 Å². The van der Waals surface area contributed by atoms with Crippen LogP contribution in [-0.2, 0) is 22.5 Å². The van der Waals surface area contributed by atoms with Gasteiger partial charge < -0.3 is 9.47 Å². The Morgan fingerprint density at radius 2 is 2.00 bits per heavy atom. The summed E-state index contributed by atoms with van der Waals surface area (Å²) < 4.78 is 12.2. The maximum atomic E-state index is 13.5. The molecule has 3 aromatic rings. The summed E-state index contributed by atoms with van der Waals surface area (Å²) in [6.45, 7) is 6.32. The van der Waals surface area contributed by atoms with Gasteiger partial charge >= 0.3 is 0 Å². The molecule has 0 aliphatic heterocycles. The van der Waals surface area contributed by atoms with Gasteiger partial charge in [-0.2, -0.15) is 0 Å². The number of hydrogen-bond acceptors (Lipinski definition) is 6. The molecule has 0 aliphatic carbocycles. The molecule has 2 heterocycles. The van der Waals surface area contributed by atoms with Crippen LogP contribution in [0.2, 0.25) is 0 Å². The highest BCUT2D eigenvalue weighted by molar-refractivity contribution is 7.19. The average molecular weight is 415 g/mol. The lowest BCUT2D eigenvalue weighted by Crippen LogP contribution is -2.27. The third kappa shape index (κ3) is 4.26. The highest BCUT2D eigenvalue weighted by Gasteiger charge is 2.20. The van der Waals surface area contributed by atoms with Crippen LogP contribution in [-0.4, -0.2) is 36.2 Å². The highest BCUT2D eigenvalue weighted by Crippen LogP contribution is 2.37. The fourth-order valence-electron chi connectivity index (χ4n) is 3.50. The Labute approximate surface area is 174 Å². The predicted molar refractivity (Wildman–Crippen MR) is 116 cm³/mol. The van der Waals surface area contributed by atoms with Gasteiger partial charge in [-0.1, -0.05) is 6.07 Å². The first-order chi connectivity index (χ1) is 13.9. The van der Waals surface area contributed by atoms with Crippen LogP contribution in [0.3, 0.4) is 0 Å². The number of rotatable bonds is 8. The van der Waals surface area contributed by atoms with E-state index in [1.807, 2.05) is 32.0 Å². The van der Waals surface area contributed by atoms with E-state index in [-0.39, 0.29) is 11.3 Å². The van der Waals surface area contributed by atoms with Crippen molar-refractivity contribution >= 4 is 27.3 Å². The van der Waals surface area contributed by atoms with Crippen molar-refractivity contribution in [3.63, 3.8) is 0 Å². The van der Waals surface area contributed by atoms with Crippen molar-refractivity contribution in [1.29, 1.82) is 0 Å². The van der Waals surface area contributed by atoms with Gasteiger partial charge in [-0.3, -0.25) is 14.2 Å². The number of thiophene rings is 1. The zero-order valence-corrected chi connectivity index (χ0v) is 18.3. The lowest BCUT2D eigenvalue weighted by molar-refractivity contribution is -0.117. The molecule has 0 bridgehead atoms. The van der Waals surface area contributed by atoms with E-state index in [0.29, 0.717) is 37.2 Å². The minimum atomic E-state index is -0.102. The average Bonchev–Trinajstić information content (AvgIpc) is 3.01. The number of hydrogen-bond donors (Lipinski definition) is 0. The van der Waals surface area contributed by atoms with Gasteiger partial charge in [0.05, 0.1) is 19.1 Å². The summed E-state index contributed by atoms with van der Waals surface area (Å²) in [4.78, 5) is 31.6. The molecule has 1 aromatic carbocycles. The third-order valence-electron chi connectivity index (χ3n) is 4.97. The van der Waals surface area contributed by atoms with Gasteiger partial charge in [0.15, 0.2) is 0 Å². The van der Waals surface area contributed by atoms with Crippen LogP contribution in [0, 0.1) is 13.8 Å². The molecule has 0 saturated heterocycles. The van der Waals surface area contributed by atoms with Gasteiger partial charge in [-0.05, 0) is 44.0 Å². The Balaban J connectivity index is 2.23. The molecular formula is C22H26N2O4S. The summed E-state index contributed by atoms with van der Waals surface area (Å²) in [5.74, 6) is 1.51. The molecule has 0 atom stereocenters. The van der Waals surface area contributed by atoms with Crippen LogP contribution in [0.25, 0.3) is 21.3 Å². The van der Waals surface area contributed by atoms with Gasteiger partial charge in [0, 0.05) is 36.9 Å². The van der Waals surface area contributed by atoms with Crippen molar-refractivity contribution < 1.29 is 14.3 Å². The number of carbonyl (C=O) groups is 1. The van der Waals surface area contributed by atoms with E-state index in [4.69, 9.17) is 14.5 Å². The molecule has 0 amide bonds. The highest BCUT2D eigenvalue weighted by atomic mass is 32.1. The van der Waals surface area contributed by atoms with Crippen LogP contribution in [0.4, 0.5) is 0 Å².